The Morgan fingerprint density at radius 1 is 1.45 bits per heavy atom. The maximum atomic E-state index is 13.3. The van der Waals surface area contributed by atoms with Crippen LogP contribution in [0.25, 0.3) is 0 Å². The maximum absolute atomic E-state index is 13.3. The molecule has 5 nitrogen and oxygen atoms in total. The van der Waals surface area contributed by atoms with E-state index in [1.54, 1.807) is 11.8 Å². The first-order chi connectivity index (χ1) is 9.43. The predicted molar refractivity (Wildman–Crippen MR) is 69.1 cm³/mol. The zero-order valence-corrected chi connectivity index (χ0v) is 11.3. The lowest BCUT2D eigenvalue weighted by molar-refractivity contribution is -0.144. The van der Waals surface area contributed by atoms with Crippen molar-refractivity contribution in [3.63, 3.8) is 0 Å². The highest BCUT2D eigenvalue weighted by Gasteiger charge is 2.37. The number of aliphatic carboxylic acids is 1. The Morgan fingerprint density at radius 2 is 2.10 bits per heavy atom. The molecule has 1 aromatic carbocycles. The van der Waals surface area contributed by atoms with E-state index in [-0.39, 0.29) is 17.6 Å². The quantitative estimate of drug-likeness (QED) is 0.910. The number of ether oxygens (including phenoxy) is 1. The van der Waals surface area contributed by atoms with Crippen LogP contribution in [-0.4, -0.2) is 42.1 Å². The van der Waals surface area contributed by atoms with E-state index in [9.17, 15) is 14.0 Å². The van der Waals surface area contributed by atoms with Gasteiger partial charge in [-0.3, -0.25) is 9.59 Å². The second-order valence-electron chi connectivity index (χ2n) is 4.95. The van der Waals surface area contributed by atoms with Crippen molar-refractivity contribution in [2.45, 2.75) is 6.92 Å². The molecule has 0 radical (unpaired) electrons. The number of hydrogen-bond donors (Lipinski definition) is 1. The summed E-state index contributed by atoms with van der Waals surface area (Å²) in [6.07, 6.45) is 0. The van der Waals surface area contributed by atoms with Gasteiger partial charge in [0.25, 0.3) is 5.91 Å². The van der Waals surface area contributed by atoms with E-state index in [1.807, 2.05) is 0 Å². The molecular weight excluding hydrogens is 265 g/mol. The van der Waals surface area contributed by atoms with Crippen molar-refractivity contribution in [2.24, 2.45) is 11.8 Å². The lowest BCUT2D eigenvalue weighted by atomic mass is 9.86. The highest BCUT2D eigenvalue weighted by Crippen LogP contribution is 2.27. The topological polar surface area (TPSA) is 66.8 Å². The fraction of sp³-hybridized carbons (Fsp3) is 0.429. The second kappa shape index (κ2) is 5.48. The molecule has 2 rings (SSSR count). The van der Waals surface area contributed by atoms with Gasteiger partial charge < -0.3 is 14.7 Å². The number of carbonyl (C=O) groups excluding carboxylic acids is 1. The molecule has 0 saturated carbocycles. The molecule has 0 spiro atoms. The minimum Gasteiger partial charge on any atom is -0.494 e. The molecule has 6 heteroatoms. The zero-order valence-electron chi connectivity index (χ0n) is 11.3. The number of halogens is 1. The van der Waals surface area contributed by atoms with Crippen LogP contribution in [0.4, 0.5) is 4.39 Å². The normalized spacial score (nSPS) is 16.4. The number of benzene rings is 1. The van der Waals surface area contributed by atoms with E-state index in [2.05, 4.69) is 0 Å². The molecular formula is C14H16FNO4. The lowest BCUT2D eigenvalue weighted by Crippen LogP contribution is -2.53. The van der Waals surface area contributed by atoms with Crippen LogP contribution in [0.15, 0.2) is 18.2 Å². The maximum Gasteiger partial charge on any atom is 0.306 e. The summed E-state index contributed by atoms with van der Waals surface area (Å²) in [6.45, 7) is 2.45. The molecule has 1 fully saturated rings. The Balaban J connectivity index is 2.02. The lowest BCUT2D eigenvalue weighted by Gasteiger charge is -2.41. The van der Waals surface area contributed by atoms with Crippen LogP contribution in [-0.2, 0) is 4.79 Å². The number of methoxy groups -OCH3 is 1. The Hall–Kier alpha value is -2.11. The number of carboxylic acids is 1. The van der Waals surface area contributed by atoms with Gasteiger partial charge in [-0.1, -0.05) is 6.92 Å². The SMILES string of the molecule is COc1cc(C(=O)N2CC(C(C)C(=O)O)C2)ccc1F. The second-order valence-corrected chi connectivity index (χ2v) is 4.95. The fourth-order valence-electron chi connectivity index (χ4n) is 2.17. The first kappa shape index (κ1) is 14.3. The van der Waals surface area contributed by atoms with Crippen molar-refractivity contribution in [1.82, 2.24) is 4.90 Å². The van der Waals surface area contributed by atoms with Crippen molar-refractivity contribution in [2.75, 3.05) is 20.2 Å². The number of nitrogens with zero attached hydrogens (tertiary/aromatic N) is 1. The molecule has 0 aliphatic carbocycles. The number of carboxylic acid groups (broad SMARTS) is 1. The molecule has 1 amide bonds. The van der Waals surface area contributed by atoms with E-state index >= 15 is 0 Å². The number of rotatable bonds is 4. The molecule has 1 heterocycles. The first-order valence-corrected chi connectivity index (χ1v) is 6.29. The summed E-state index contributed by atoms with van der Waals surface area (Å²) in [5.74, 6) is -2.10. The van der Waals surface area contributed by atoms with Crippen molar-refractivity contribution < 1.29 is 23.8 Å². The van der Waals surface area contributed by atoms with E-state index in [0.29, 0.717) is 18.7 Å². The first-order valence-electron chi connectivity index (χ1n) is 6.29. The van der Waals surface area contributed by atoms with Gasteiger partial charge in [0.15, 0.2) is 11.6 Å². The number of hydrogen-bond acceptors (Lipinski definition) is 3. The highest BCUT2D eigenvalue weighted by molar-refractivity contribution is 5.95. The summed E-state index contributed by atoms with van der Waals surface area (Å²) < 4.78 is 18.1. The minimum atomic E-state index is -0.856. The molecule has 0 aromatic heterocycles. The van der Waals surface area contributed by atoms with Gasteiger partial charge in [-0.05, 0) is 18.2 Å². The Morgan fingerprint density at radius 3 is 2.65 bits per heavy atom. The molecule has 108 valence electrons. The van der Waals surface area contributed by atoms with E-state index in [1.165, 1.54) is 25.3 Å². The summed E-state index contributed by atoms with van der Waals surface area (Å²) in [6, 6.07) is 3.93. The van der Waals surface area contributed by atoms with Crippen molar-refractivity contribution in [3.05, 3.63) is 29.6 Å². The molecule has 1 aromatic rings. The van der Waals surface area contributed by atoms with E-state index < -0.39 is 17.7 Å². The van der Waals surface area contributed by atoms with Crippen molar-refractivity contribution >= 4 is 11.9 Å². The fourth-order valence-corrected chi connectivity index (χ4v) is 2.17. The Labute approximate surface area is 116 Å². The van der Waals surface area contributed by atoms with Crippen LogP contribution in [0.5, 0.6) is 5.75 Å². The third-order valence-corrected chi connectivity index (χ3v) is 3.69. The van der Waals surface area contributed by atoms with E-state index in [0.717, 1.165) is 0 Å². The Kier molecular flexibility index (Phi) is 3.92. The summed E-state index contributed by atoms with van der Waals surface area (Å²) in [5.41, 5.74) is 0.338. The third-order valence-electron chi connectivity index (χ3n) is 3.69. The summed E-state index contributed by atoms with van der Waals surface area (Å²) in [5, 5.41) is 8.90. The molecule has 20 heavy (non-hydrogen) atoms. The van der Waals surface area contributed by atoms with Crippen molar-refractivity contribution in [3.8, 4) is 5.75 Å². The van der Waals surface area contributed by atoms with Crippen molar-refractivity contribution in [1.29, 1.82) is 0 Å². The predicted octanol–water partition coefficient (Wildman–Crippen LogP) is 1.63. The monoisotopic (exact) mass is 281 g/mol. The molecule has 1 saturated heterocycles. The van der Waals surface area contributed by atoms with E-state index in [4.69, 9.17) is 9.84 Å². The minimum absolute atomic E-state index is 0.0202. The molecule has 0 bridgehead atoms. The molecule has 1 aliphatic rings. The molecule has 1 atom stereocenters. The summed E-state index contributed by atoms with van der Waals surface area (Å²) in [7, 11) is 1.33. The molecule has 1 unspecified atom stereocenters. The Bertz CT molecular complexity index is 540. The zero-order chi connectivity index (χ0) is 14.9. The standard InChI is InChI=1S/C14H16FNO4/c1-8(14(18)19)10-6-16(7-10)13(17)9-3-4-11(15)12(5-9)20-2/h3-5,8,10H,6-7H2,1-2H3,(H,18,19). The average molecular weight is 281 g/mol. The van der Waals surface area contributed by atoms with Crippen LogP contribution in [0.3, 0.4) is 0 Å². The van der Waals surface area contributed by atoms with Gasteiger partial charge in [0.05, 0.1) is 13.0 Å². The van der Waals surface area contributed by atoms with Crippen LogP contribution in [0.2, 0.25) is 0 Å². The molecule has 1 aliphatic heterocycles. The van der Waals surface area contributed by atoms with Gasteiger partial charge in [-0.25, -0.2) is 4.39 Å². The summed E-state index contributed by atoms with van der Waals surface area (Å²) >= 11 is 0. The average Bonchev–Trinajstić information content (AvgIpc) is 2.37. The van der Waals surface area contributed by atoms with Crippen LogP contribution in [0.1, 0.15) is 17.3 Å². The van der Waals surface area contributed by atoms with Gasteiger partial charge in [0, 0.05) is 24.6 Å². The number of amides is 1. The van der Waals surface area contributed by atoms with Gasteiger partial charge >= 0.3 is 5.97 Å². The number of carbonyl (C=O) groups is 2. The third kappa shape index (κ3) is 2.59. The van der Waals surface area contributed by atoms with Gasteiger partial charge in [0.2, 0.25) is 0 Å². The van der Waals surface area contributed by atoms with Gasteiger partial charge in [-0.15, -0.1) is 0 Å². The van der Waals surface area contributed by atoms with Gasteiger partial charge in [0.1, 0.15) is 0 Å². The van der Waals surface area contributed by atoms with Crippen LogP contribution in [0, 0.1) is 17.7 Å². The highest BCUT2D eigenvalue weighted by atomic mass is 19.1. The number of likely N-dealkylation sites (tertiary alicyclic amines) is 1. The smallest absolute Gasteiger partial charge is 0.306 e. The molecule has 1 N–H and O–H groups in total. The van der Waals surface area contributed by atoms with Crippen LogP contribution < -0.4 is 4.74 Å². The largest absolute Gasteiger partial charge is 0.494 e. The summed E-state index contributed by atoms with van der Waals surface area (Å²) in [4.78, 5) is 24.5. The van der Waals surface area contributed by atoms with Crippen LogP contribution >= 0.6 is 0 Å². The van der Waals surface area contributed by atoms with Gasteiger partial charge in [-0.2, -0.15) is 0 Å².